The number of nitro benzene ring substituents is 1. The molecule has 0 spiro atoms. The predicted octanol–water partition coefficient (Wildman–Crippen LogP) is 1.89. The Labute approximate surface area is 127 Å². The molecule has 0 radical (unpaired) electrons. The van der Waals surface area contributed by atoms with Crippen LogP contribution in [0.2, 0.25) is 0 Å². The number of hydrogen-bond donors (Lipinski definition) is 1. The molecular formula is C15H16N2O5. The summed E-state index contributed by atoms with van der Waals surface area (Å²) in [6.07, 6.45) is -0.0344. The average molecular weight is 304 g/mol. The molecule has 1 fully saturated rings. The van der Waals surface area contributed by atoms with Crippen molar-refractivity contribution >= 4 is 17.6 Å². The van der Waals surface area contributed by atoms with Gasteiger partial charge in [-0.1, -0.05) is 24.8 Å². The molecule has 1 aliphatic heterocycles. The Kier molecular flexibility index (Phi) is 4.55. The van der Waals surface area contributed by atoms with Gasteiger partial charge in [0.05, 0.1) is 11.5 Å². The second kappa shape index (κ2) is 6.38. The van der Waals surface area contributed by atoms with E-state index in [4.69, 9.17) is 4.74 Å². The van der Waals surface area contributed by atoms with E-state index in [0.717, 1.165) is 0 Å². The first kappa shape index (κ1) is 15.7. The van der Waals surface area contributed by atoms with Gasteiger partial charge < -0.3 is 10.1 Å². The van der Waals surface area contributed by atoms with Gasteiger partial charge in [0, 0.05) is 29.7 Å². The summed E-state index contributed by atoms with van der Waals surface area (Å²) in [5, 5.41) is 13.7. The Hall–Kier alpha value is -2.70. The van der Waals surface area contributed by atoms with E-state index >= 15 is 0 Å². The molecule has 1 amide bonds. The molecule has 22 heavy (non-hydrogen) atoms. The van der Waals surface area contributed by atoms with Crippen LogP contribution in [0.4, 0.5) is 5.69 Å². The number of hydrogen-bond acceptors (Lipinski definition) is 5. The van der Waals surface area contributed by atoms with Crippen LogP contribution in [-0.2, 0) is 14.3 Å². The molecule has 1 heterocycles. The van der Waals surface area contributed by atoms with Crippen LogP contribution in [0.25, 0.3) is 0 Å². The minimum Gasteiger partial charge on any atom is -0.465 e. The molecule has 2 unspecified atom stereocenters. The van der Waals surface area contributed by atoms with E-state index in [-0.39, 0.29) is 30.3 Å². The fraction of sp³-hybridized carbons (Fsp3) is 0.333. The van der Waals surface area contributed by atoms with Crippen LogP contribution in [0.15, 0.2) is 36.5 Å². The van der Waals surface area contributed by atoms with Crippen LogP contribution >= 0.6 is 0 Å². The van der Waals surface area contributed by atoms with Crippen molar-refractivity contribution in [1.29, 1.82) is 0 Å². The lowest BCUT2D eigenvalue weighted by molar-refractivity contribution is -0.385. The van der Waals surface area contributed by atoms with E-state index in [1.165, 1.54) is 6.07 Å². The standard InChI is InChI=1S/C15H16N2O5/c1-3-22-15(19)14-9(2)16-13(18)8-11(14)10-6-4-5-7-12(10)17(20)21/h4-7,11,14H,2-3,8H2,1H3,(H,16,18). The maximum atomic E-state index is 12.2. The zero-order valence-corrected chi connectivity index (χ0v) is 12.1. The van der Waals surface area contributed by atoms with Crippen molar-refractivity contribution in [2.24, 2.45) is 5.92 Å². The number of benzene rings is 1. The highest BCUT2D eigenvalue weighted by molar-refractivity contribution is 5.87. The first-order chi connectivity index (χ1) is 10.5. The Morgan fingerprint density at radius 2 is 2.18 bits per heavy atom. The molecule has 0 saturated carbocycles. The summed E-state index contributed by atoms with van der Waals surface area (Å²) in [4.78, 5) is 34.6. The number of nitro groups is 1. The SMILES string of the molecule is C=C1NC(=O)CC(c2ccccc2[N+](=O)[O-])C1C(=O)OCC. The Bertz CT molecular complexity index is 641. The topological polar surface area (TPSA) is 98.5 Å². The highest BCUT2D eigenvalue weighted by Gasteiger charge is 2.41. The van der Waals surface area contributed by atoms with E-state index in [2.05, 4.69) is 11.9 Å². The lowest BCUT2D eigenvalue weighted by Gasteiger charge is -2.31. The van der Waals surface area contributed by atoms with E-state index in [9.17, 15) is 19.7 Å². The van der Waals surface area contributed by atoms with E-state index in [0.29, 0.717) is 5.56 Å². The minimum absolute atomic E-state index is 0.0344. The normalized spacial score (nSPS) is 21.1. The molecule has 0 aromatic heterocycles. The van der Waals surface area contributed by atoms with Crippen LogP contribution < -0.4 is 5.32 Å². The molecule has 1 aromatic carbocycles. The van der Waals surface area contributed by atoms with Crippen molar-refractivity contribution < 1.29 is 19.2 Å². The van der Waals surface area contributed by atoms with Crippen molar-refractivity contribution in [3.05, 3.63) is 52.2 Å². The van der Waals surface area contributed by atoms with Crippen molar-refractivity contribution in [2.45, 2.75) is 19.3 Å². The van der Waals surface area contributed by atoms with Crippen molar-refractivity contribution in [3.63, 3.8) is 0 Å². The molecule has 0 aliphatic carbocycles. The van der Waals surface area contributed by atoms with E-state index in [1.54, 1.807) is 25.1 Å². The molecule has 7 nitrogen and oxygen atoms in total. The fourth-order valence-corrected chi connectivity index (χ4v) is 2.66. The zero-order valence-electron chi connectivity index (χ0n) is 12.1. The number of rotatable bonds is 4. The Morgan fingerprint density at radius 3 is 2.82 bits per heavy atom. The summed E-state index contributed by atoms with van der Waals surface area (Å²) in [6, 6.07) is 6.09. The lowest BCUT2D eigenvalue weighted by Crippen LogP contribution is -2.41. The number of esters is 1. The van der Waals surface area contributed by atoms with E-state index in [1.807, 2.05) is 0 Å². The highest BCUT2D eigenvalue weighted by atomic mass is 16.6. The van der Waals surface area contributed by atoms with Crippen molar-refractivity contribution in [1.82, 2.24) is 5.32 Å². The van der Waals surface area contributed by atoms with Crippen molar-refractivity contribution in [2.75, 3.05) is 6.61 Å². The van der Waals surface area contributed by atoms with Crippen LogP contribution in [0.5, 0.6) is 0 Å². The Balaban J connectivity index is 2.48. The summed E-state index contributed by atoms with van der Waals surface area (Å²) in [5.41, 5.74) is 0.420. The summed E-state index contributed by atoms with van der Waals surface area (Å²) in [5.74, 6) is -2.37. The number of piperidine rings is 1. The lowest BCUT2D eigenvalue weighted by atomic mass is 9.78. The minimum atomic E-state index is -0.834. The average Bonchev–Trinajstić information content (AvgIpc) is 2.46. The molecule has 0 bridgehead atoms. The van der Waals surface area contributed by atoms with Gasteiger partial charge in [-0.15, -0.1) is 0 Å². The van der Waals surface area contributed by atoms with Crippen LogP contribution in [0, 0.1) is 16.0 Å². The molecule has 1 aromatic rings. The largest absolute Gasteiger partial charge is 0.465 e. The van der Waals surface area contributed by atoms with Gasteiger partial charge in [0.1, 0.15) is 5.92 Å². The van der Waals surface area contributed by atoms with E-state index < -0.39 is 22.7 Å². The molecule has 7 heteroatoms. The molecule has 2 atom stereocenters. The number of carbonyl (C=O) groups is 2. The van der Waals surface area contributed by atoms with Crippen LogP contribution in [0.1, 0.15) is 24.8 Å². The number of amides is 1. The summed E-state index contributed by atoms with van der Waals surface area (Å²) in [7, 11) is 0. The Morgan fingerprint density at radius 1 is 1.50 bits per heavy atom. The zero-order chi connectivity index (χ0) is 16.3. The van der Waals surface area contributed by atoms with Crippen LogP contribution in [-0.4, -0.2) is 23.4 Å². The number of carbonyl (C=O) groups excluding carboxylic acids is 2. The van der Waals surface area contributed by atoms with Gasteiger partial charge in [0.2, 0.25) is 5.91 Å². The first-order valence-corrected chi connectivity index (χ1v) is 6.84. The number of ether oxygens (including phenoxy) is 1. The maximum Gasteiger partial charge on any atom is 0.315 e. The third-order valence-electron chi connectivity index (χ3n) is 3.56. The molecule has 2 rings (SSSR count). The summed E-state index contributed by atoms with van der Waals surface area (Å²) >= 11 is 0. The quantitative estimate of drug-likeness (QED) is 0.520. The van der Waals surface area contributed by atoms with Crippen molar-refractivity contribution in [3.8, 4) is 0 Å². The van der Waals surface area contributed by atoms with Crippen LogP contribution in [0.3, 0.4) is 0 Å². The van der Waals surface area contributed by atoms with Gasteiger partial charge in [0.15, 0.2) is 0 Å². The number of nitrogens with one attached hydrogen (secondary N) is 1. The number of para-hydroxylation sites is 1. The summed E-state index contributed by atoms with van der Waals surface area (Å²) < 4.78 is 5.02. The first-order valence-electron chi connectivity index (χ1n) is 6.84. The molecular weight excluding hydrogens is 288 g/mol. The fourth-order valence-electron chi connectivity index (χ4n) is 2.66. The van der Waals surface area contributed by atoms with Gasteiger partial charge in [-0.25, -0.2) is 0 Å². The van der Waals surface area contributed by atoms with Gasteiger partial charge >= 0.3 is 5.97 Å². The second-order valence-electron chi connectivity index (χ2n) is 4.93. The molecule has 1 N–H and O–H groups in total. The van der Waals surface area contributed by atoms with Gasteiger partial charge in [-0.2, -0.15) is 0 Å². The molecule has 116 valence electrons. The predicted molar refractivity (Wildman–Crippen MR) is 77.9 cm³/mol. The third kappa shape index (κ3) is 2.98. The molecule has 1 aliphatic rings. The molecule has 1 saturated heterocycles. The number of nitrogens with zero attached hydrogens (tertiary/aromatic N) is 1. The summed E-state index contributed by atoms with van der Waals surface area (Å²) in [6.45, 7) is 5.55. The smallest absolute Gasteiger partial charge is 0.315 e. The second-order valence-corrected chi connectivity index (χ2v) is 4.93. The van der Waals surface area contributed by atoms with Gasteiger partial charge in [0.25, 0.3) is 5.69 Å². The highest BCUT2D eigenvalue weighted by Crippen LogP contribution is 2.39. The van der Waals surface area contributed by atoms with Gasteiger partial charge in [-0.3, -0.25) is 19.7 Å². The maximum absolute atomic E-state index is 12.2. The third-order valence-corrected chi connectivity index (χ3v) is 3.56. The van der Waals surface area contributed by atoms with Gasteiger partial charge in [-0.05, 0) is 6.92 Å². The monoisotopic (exact) mass is 304 g/mol.